The van der Waals surface area contributed by atoms with Crippen molar-refractivity contribution in [2.75, 3.05) is 26.4 Å². The fourth-order valence-corrected chi connectivity index (χ4v) is 8.12. The summed E-state index contributed by atoms with van der Waals surface area (Å²) in [5.74, 6) is -0.393. The molecule has 346 valence electrons. The van der Waals surface area contributed by atoms with Crippen molar-refractivity contribution in [1.82, 2.24) is 0 Å². The van der Waals surface area contributed by atoms with Crippen LogP contribution >= 0.6 is 0 Å². The van der Waals surface area contributed by atoms with Crippen LogP contribution in [0.4, 0.5) is 0 Å². The molecule has 0 bridgehead atoms. The van der Waals surface area contributed by atoms with E-state index in [9.17, 15) is 28.5 Å². The van der Waals surface area contributed by atoms with Crippen molar-refractivity contribution in [3.05, 3.63) is 0 Å². The van der Waals surface area contributed by atoms with E-state index in [0.717, 1.165) is 38.5 Å². The van der Waals surface area contributed by atoms with Crippen molar-refractivity contribution in [3.63, 3.8) is 0 Å². The molecule has 0 amide bonds. The van der Waals surface area contributed by atoms with Gasteiger partial charge in [-0.15, -0.1) is 0 Å². The lowest BCUT2D eigenvalue weighted by Gasteiger charge is -2.41. The Morgan fingerprint density at radius 1 is 0.586 bits per heavy atom. The Bertz CT molecular complexity index is 1030. The highest BCUT2D eigenvalue weighted by Gasteiger charge is 2.48. The average Bonchev–Trinajstić information content (AvgIpc) is 3.19. The molecule has 0 aliphatic carbocycles. The zero-order valence-electron chi connectivity index (χ0n) is 36.9. The molecule has 6 unspecified atom stereocenters. The first-order valence-corrected chi connectivity index (χ1v) is 25.2. The van der Waals surface area contributed by atoms with E-state index in [1.807, 2.05) is 0 Å². The molecule has 0 aromatic carbocycles. The molecule has 0 aromatic rings. The smallest absolute Gasteiger partial charge is 0.397 e. The van der Waals surface area contributed by atoms with Crippen molar-refractivity contribution in [3.8, 4) is 0 Å². The molecule has 12 nitrogen and oxygen atoms in total. The van der Waals surface area contributed by atoms with Gasteiger partial charge in [-0.25, -0.2) is 4.18 Å². The van der Waals surface area contributed by atoms with Gasteiger partial charge in [0.1, 0.15) is 30.5 Å². The fourth-order valence-electron chi connectivity index (χ4n) is 7.62. The third-order valence-electron chi connectivity index (χ3n) is 11.2. The van der Waals surface area contributed by atoms with Crippen molar-refractivity contribution >= 4 is 16.4 Å². The monoisotopic (exact) mass is 853 g/mol. The second-order valence-electron chi connectivity index (χ2n) is 16.7. The van der Waals surface area contributed by atoms with Crippen LogP contribution < -0.4 is 0 Å². The van der Waals surface area contributed by atoms with Crippen LogP contribution in [0.25, 0.3) is 0 Å². The Kier molecular flexibility index (Phi) is 35.9. The van der Waals surface area contributed by atoms with Gasteiger partial charge >= 0.3 is 16.4 Å². The first kappa shape index (κ1) is 55.1. The number of esters is 1. The molecule has 1 saturated heterocycles. The van der Waals surface area contributed by atoms with Gasteiger partial charge in [-0.05, 0) is 12.8 Å². The van der Waals surface area contributed by atoms with E-state index >= 15 is 0 Å². The highest BCUT2D eigenvalue weighted by atomic mass is 32.3. The Labute approximate surface area is 354 Å². The van der Waals surface area contributed by atoms with Crippen molar-refractivity contribution in [2.45, 2.75) is 256 Å². The minimum absolute atomic E-state index is 0.0448. The number of unbranched alkanes of at least 4 members (excludes halogenated alkanes) is 29. The third-order valence-corrected chi connectivity index (χ3v) is 11.7. The van der Waals surface area contributed by atoms with Crippen LogP contribution in [0.2, 0.25) is 0 Å². The number of carbonyl (C=O) groups is 1. The Balaban J connectivity index is 2.39. The number of hydrogen-bond acceptors (Lipinski definition) is 11. The molecule has 1 heterocycles. The quantitative estimate of drug-likeness (QED) is 0.0260. The van der Waals surface area contributed by atoms with Crippen LogP contribution in [0.3, 0.4) is 0 Å². The molecule has 58 heavy (non-hydrogen) atoms. The number of aliphatic hydroxyl groups is 3. The minimum Gasteiger partial charge on any atom is -0.457 e. The molecule has 6 atom stereocenters. The zero-order chi connectivity index (χ0) is 42.5. The van der Waals surface area contributed by atoms with Crippen LogP contribution in [-0.2, 0) is 38.3 Å². The summed E-state index contributed by atoms with van der Waals surface area (Å²) in [5.41, 5.74) is 0. The highest BCUT2D eigenvalue weighted by Crippen LogP contribution is 2.26. The topological polar surface area (TPSA) is 178 Å². The lowest BCUT2D eigenvalue weighted by atomic mass is 9.99. The zero-order valence-corrected chi connectivity index (χ0v) is 37.7. The number of hydrogen-bond donors (Lipinski definition) is 4. The molecule has 0 saturated carbocycles. The standard InChI is InChI=1S/C45H88O12S/c1-3-5-7-9-11-13-15-17-19-20-22-24-26-28-30-32-34-41(47)55-39(38-54-45-43(49)44(57-58(50,51)52)42(48)40(36-46)56-45)37-53-35-33-31-29-27-25-23-21-18-16-14-12-10-8-6-4-2/h39-40,42-46,48-49H,3-38H2,1-2H3,(H,50,51,52). The molecule has 0 spiro atoms. The molecular weight excluding hydrogens is 765 g/mol. The third kappa shape index (κ3) is 31.0. The second-order valence-corrected chi connectivity index (χ2v) is 17.8. The van der Waals surface area contributed by atoms with Gasteiger partial charge in [0, 0.05) is 13.0 Å². The number of carbonyl (C=O) groups excluding carboxylic acids is 1. The van der Waals surface area contributed by atoms with Gasteiger partial charge < -0.3 is 34.3 Å². The van der Waals surface area contributed by atoms with Crippen LogP contribution in [-0.4, -0.2) is 97.5 Å². The van der Waals surface area contributed by atoms with Crippen molar-refractivity contribution in [2.24, 2.45) is 0 Å². The maximum atomic E-state index is 12.9. The summed E-state index contributed by atoms with van der Waals surface area (Å²) in [6, 6.07) is 0. The van der Waals surface area contributed by atoms with E-state index in [1.165, 1.54) is 154 Å². The van der Waals surface area contributed by atoms with E-state index in [0.29, 0.717) is 13.0 Å². The van der Waals surface area contributed by atoms with Crippen LogP contribution in [0.15, 0.2) is 0 Å². The highest BCUT2D eigenvalue weighted by molar-refractivity contribution is 7.80. The first-order chi connectivity index (χ1) is 28.1. The molecule has 1 aliphatic heterocycles. The first-order valence-electron chi connectivity index (χ1n) is 23.8. The maximum absolute atomic E-state index is 12.9. The Morgan fingerprint density at radius 3 is 1.38 bits per heavy atom. The van der Waals surface area contributed by atoms with Crippen LogP contribution in [0.1, 0.15) is 219 Å². The number of ether oxygens (including phenoxy) is 4. The Morgan fingerprint density at radius 2 is 0.983 bits per heavy atom. The van der Waals surface area contributed by atoms with Crippen molar-refractivity contribution in [1.29, 1.82) is 0 Å². The molecule has 4 N–H and O–H groups in total. The fraction of sp³-hybridized carbons (Fsp3) is 0.978. The summed E-state index contributed by atoms with van der Waals surface area (Å²) in [6.07, 6.45) is 29.9. The summed E-state index contributed by atoms with van der Waals surface area (Å²) in [7, 11) is -5.06. The van der Waals surface area contributed by atoms with Gasteiger partial charge in [0.2, 0.25) is 0 Å². The summed E-state index contributed by atoms with van der Waals surface area (Å²) >= 11 is 0. The molecule has 0 radical (unpaired) electrons. The van der Waals surface area contributed by atoms with E-state index in [-0.39, 0.29) is 19.6 Å². The molecule has 1 aliphatic rings. The van der Waals surface area contributed by atoms with Crippen molar-refractivity contribution < 1.29 is 56.2 Å². The molecular formula is C45H88O12S. The molecule has 0 aromatic heterocycles. The SMILES string of the molecule is CCCCCCCCCCCCCCCCCCC(=O)OC(COCCCCCCCCCCCCCCCCC)COC1OC(CO)C(O)C(OS(=O)(=O)O)C1O. The lowest BCUT2D eigenvalue weighted by molar-refractivity contribution is -0.301. The minimum atomic E-state index is -5.06. The summed E-state index contributed by atoms with van der Waals surface area (Å²) in [4.78, 5) is 12.9. The van der Waals surface area contributed by atoms with Gasteiger partial charge in [-0.1, -0.05) is 200 Å². The van der Waals surface area contributed by atoms with E-state index in [4.69, 9.17) is 23.5 Å². The predicted octanol–water partition coefficient (Wildman–Crippen LogP) is 10.1. The second kappa shape index (κ2) is 37.8. The van der Waals surface area contributed by atoms with Gasteiger partial charge in [-0.2, -0.15) is 8.42 Å². The van der Waals surface area contributed by atoms with E-state index in [2.05, 4.69) is 18.0 Å². The van der Waals surface area contributed by atoms with Crippen LogP contribution in [0.5, 0.6) is 0 Å². The Hall–Kier alpha value is -0.900. The molecule has 1 fully saturated rings. The average molecular weight is 853 g/mol. The summed E-state index contributed by atoms with van der Waals surface area (Å²) < 4.78 is 59.1. The lowest BCUT2D eigenvalue weighted by Crippen LogP contribution is -2.60. The van der Waals surface area contributed by atoms with Gasteiger partial charge in [0.25, 0.3) is 0 Å². The largest absolute Gasteiger partial charge is 0.457 e. The normalized spacial score (nSPS) is 20.4. The number of rotatable bonds is 42. The molecule has 1 rings (SSSR count). The van der Waals surface area contributed by atoms with E-state index < -0.39 is 59.8 Å². The van der Waals surface area contributed by atoms with Crippen LogP contribution in [0, 0.1) is 0 Å². The maximum Gasteiger partial charge on any atom is 0.397 e. The summed E-state index contributed by atoms with van der Waals surface area (Å²) in [6.45, 7) is 4.04. The van der Waals surface area contributed by atoms with Gasteiger partial charge in [0.15, 0.2) is 6.29 Å². The molecule has 13 heteroatoms. The van der Waals surface area contributed by atoms with E-state index in [1.54, 1.807) is 0 Å². The number of aliphatic hydroxyl groups excluding tert-OH is 3. The van der Waals surface area contributed by atoms with Gasteiger partial charge in [0.05, 0.1) is 19.8 Å². The predicted molar refractivity (Wildman–Crippen MR) is 230 cm³/mol. The summed E-state index contributed by atoms with van der Waals surface area (Å²) in [5, 5.41) is 30.7. The van der Waals surface area contributed by atoms with Gasteiger partial charge in [-0.3, -0.25) is 9.35 Å².